The van der Waals surface area contributed by atoms with Gasteiger partial charge in [-0.3, -0.25) is 4.79 Å². The summed E-state index contributed by atoms with van der Waals surface area (Å²) in [6.07, 6.45) is 1.94. The Balaban J connectivity index is 2.29. The number of Topliss-reactive ketones (excluding diaryl/α,β-unsaturated/α-hetero) is 1. The number of aliphatic hydroxyl groups excluding tert-OH is 1. The molecule has 1 aliphatic carbocycles. The van der Waals surface area contributed by atoms with Crippen LogP contribution in [0.5, 0.6) is 0 Å². The molecule has 4 nitrogen and oxygen atoms in total. The molecule has 92 valence electrons. The van der Waals surface area contributed by atoms with Gasteiger partial charge in [-0.25, -0.2) is 0 Å². The third-order valence-corrected chi connectivity index (χ3v) is 3.44. The Morgan fingerprint density at radius 3 is 2.75 bits per heavy atom. The lowest BCUT2D eigenvalue weighted by atomic mass is 9.77. The Morgan fingerprint density at radius 1 is 1.44 bits per heavy atom. The number of carbonyl (C=O) groups is 1. The second kappa shape index (κ2) is 3.79. The molecule has 1 saturated carbocycles. The topological polar surface area (TPSA) is 55.8 Å². The molecule has 2 aliphatic rings. The molecule has 1 saturated heterocycles. The summed E-state index contributed by atoms with van der Waals surface area (Å²) in [6.45, 7) is 5.20. The molecule has 0 aromatic rings. The molecule has 4 heteroatoms. The van der Waals surface area contributed by atoms with Crippen LogP contribution in [0.25, 0.3) is 0 Å². The molecule has 3 atom stereocenters. The van der Waals surface area contributed by atoms with Crippen LogP contribution in [-0.4, -0.2) is 34.5 Å². The van der Waals surface area contributed by atoms with E-state index in [1.807, 2.05) is 13.8 Å². The van der Waals surface area contributed by atoms with Gasteiger partial charge in [0.1, 0.15) is 11.4 Å². The predicted octanol–water partition coefficient (Wildman–Crippen LogP) is 1.40. The van der Waals surface area contributed by atoms with E-state index < -0.39 is 17.5 Å². The highest BCUT2D eigenvalue weighted by atomic mass is 16.8. The summed E-state index contributed by atoms with van der Waals surface area (Å²) >= 11 is 0. The van der Waals surface area contributed by atoms with Crippen LogP contribution in [-0.2, 0) is 14.3 Å². The van der Waals surface area contributed by atoms with Crippen molar-refractivity contribution < 1.29 is 19.4 Å². The zero-order chi connectivity index (χ0) is 12.0. The lowest BCUT2D eigenvalue weighted by Crippen LogP contribution is -2.54. The van der Waals surface area contributed by atoms with Crippen molar-refractivity contribution in [3.05, 3.63) is 0 Å². The molecule has 0 amide bonds. The number of ether oxygens (including phenoxy) is 2. The van der Waals surface area contributed by atoms with Crippen LogP contribution in [0, 0.1) is 0 Å². The number of ketones is 1. The van der Waals surface area contributed by atoms with Crippen LogP contribution < -0.4 is 0 Å². The first-order valence-electron chi connectivity index (χ1n) is 5.91. The van der Waals surface area contributed by atoms with Crippen molar-refractivity contribution in [1.29, 1.82) is 0 Å². The van der Waals surface area contributed by atoms with Gasteiger partial charge in [-0.15, -0.1) is 0 Å². The van der Waals surface area contributed by atoms with Gasteiger partial charge in [0.2, 0.25) is 0 Å². The second-order valence-corrected chi connectivity index (χ2v) is 5.39. The summed E-state index contributed by atoms with van der Waals surface area (Å²) < 4.78 is 11.7. The summed E-state index contributed by atoms with van der Waals surface area (Å²) in [7, 11) is 0. The fourth-order valence-corrected chi connectivity index (χ4v) is 2.97. The first kappa shape index (κ1) is 12.0. The number of fused-ring (bicyclic) bond motifs is 1. The minimum absolute atomic E-state index is 0.0345. The molecule has 1 aliphatic heterocycles. The molecule has 0 radical (unpaired) electrons. The first-order valence-corrected chi connectivity index (χ1v) is 5.91. The maximum Gasteiger partial charge on any atom is 0.164 e. The predicted molar refractivity (Wildman–Crippen MR) is 57.9 cm³/mol. The van der Waals surface area contributed by atoms with Gasteiger partial charge in [-0.2, -0.15) is 0 Å². The van der Waals surface area contributed by atoms with Crippen molar-refractivity contribution in [2.75, 3.05) is 0 Å². The Hall–Kier alpha value is -0.450. The number of rotatable bonds is 2. The maximum absolute atomic E-state index is 11.4. The molecule has 1 heterocycles. The van der Waals surface area contributed by atoms with Gasteiger partial charge in [0, 0.05) is 6.42 Å². The number of aliphatic hydroxyl groups is 1. The highest BCUT2D eigenvalue weighted by Crippen LogP contribution is 2.46. The summed E-state index contributed by atoms with van der Waals surface area (Å²) in [4.78, 5) is 11.4. The van der Waals surface area contributed by atoms with Gasteiger partial charge < -0.3 is 14.6 Å². The van der Waals surface area contributed by atoms with E-state index in [-0.39, 0.29) is 18.3 Å². The van der Waals surface area contributed by atoms with E-state index in [1.165, 1.54) is 6.92 Å². The zero-order valence-corrected chi connectivity index (χ0v) is 10.2. The molecule has 0 spiro atoms. The molecule has 2 fully saturated rings. The summed E-state index contributed by atoms with van der Waals surface area (Å²) in [5.74, 6) is -0.668. The van der Waals surface area contributed by atoms with Gasteiger partial charge in [-0.1, -0.05) is 0 Å². The van der Waals surface area contributed by atoms with Gasteiger partial charge in [0.05, 0.1) is 12.2 Å². The molecule has 0 aromatic carbocycles. The number of hydrogen-bond acceptors (Lipinski definition) is 4. The van der Waals surface area contributed by atoms with E-state index >= 15 is 0 Å². The minimum atomic E-state index is -0.812. The van der Waals surface area contributed by atoms with Gasteiger partial charge in [-0.05, 0) is 40.0 Å². The highest BCUT2D eigenvalue weighted by Gasteiger charge is 2.58. The fraction of sp³-hybridized carbons (Fsp3) is 0.917. The Bertz CT molecular complexity index is 299. The van der Waals surface area contributed by atoms with E-state index in [1.54, 1.807) is 0 Å². The van der Waals surface area contributed by atoms with Crippen molar-refractivity contribution >= 4 is 5.78 Å². The van der Waals surface area contributed by atoms with E-state index in [2.05, 4.69) is 0 Å². The van der Waals surface area contributed by atoms with Gasteiger partial charge in [0.15, 0.2) is 5.79 Å². The molecular formula is C12H20O4. The highest BCUT2D eigenvalue weighted by molar-refractivity contribution is 5.77. The van der Waals surface area contributed by atoms with Crippen LogP contribution >= 0.6 is 0 Å². The normalized spacial score (nSPS) is 41.8. The summed E-state index contributed by atoms with van der Waals surface area (Å²) in [6, 6.07) is 0. The summed E-state index contributed by atoms with van der Waals surface area (Å²) in [5.41, 5.74) is -0.812. The monoisotopic (exact) mass is 228 g/mol. The molecule has 0 aromatic heterocycles. The van der Waals surface area contributed by atoms with Gasteiger partial charge >= 0.3 is 0 Å². The second-order valence-electron chi connectivity index (χ2n) is 5.39. The largest absolute Gasteiger partial charge is 0.390 e. The molecule has 0 bridgehead atoms. The number of carbonyl (C=O) groups excluding carboxylic acids is 1. The molecule has 0 unspecified atom stereocenters. The van der Waals surface area contributed by atoms with Crippen LogP contribution in [0.3, 0.4) is 0 Å². The minimum Gasteiger partial charge on any atom is -0.390 e. The molecule has 1 N–H and O–H groups in total. The van der Waals surface area contributed by atoms with Crippen LogP contribution in [0.1, 0.15) is 46.5 Å². The quantitative estimate of drug-likeness (QED) is 0.776. The van der Waals surface area contributed by atoms with E-state index in [4.69, 9.17) is 9.47 Å². The standard InChI is InChI=1S/C12H20O4/c1-8(13)7-12-9(14)5-4-6-10(12)15-11(2,3)16-12/h9-10,14H,4-7H2,1-3H3/t9-,10+,12-/m0/s1. The van der Waals surface area contributed by atoms with Crippen LogP contribution in [0.2, 0.25) is 0 Å². The Labute approximate surface area is 95.9 Å². The van der Waals surface area contributed by atoms with Gasteiger partial charge in [0.25, 0.3) is 0 Å². The average molecular weight is 228 g/mol. The van der Waals surface area contributed by atoms with Crippen molar-refractivity contribution in [1.82, 2.24) is 0 Å². The zero-order valence-electron chi connectivity index (χ0n) is 10.2. The molecule has 16 heavy (non-hydrogen) atoms. The Kier molecular flexibility index (Phi) is 2.85. The van der Waals surface area contributed by atoms with Crippen molar-refractivity contribution in [2.24, 2.45) is 0 Å². The lowest BCUT2D eigenvalue weighted by molar-refractivity contribution is -0.188. The molecule has 2 rings (SSSR count). The Morgan fingerprint density at radius 2 is 2.12 bits per heavy atom. The average Bonchev–Trinajstić information content (AvgIpc) is 2.36. The van der Waals surface area contributed by atoms with Crippen LogP contribution in [0.15, 0.2) is 0 Å². The van der Waals surface area contributed by atoms with Crippen molar-refractivity contribution in [3.8, 4) is 0 Å². The fourth-order valence-electron chi connectivity index (χ4n) is 2.97. The summed E-state index contributed by atoms with van der Waals surface area (Å²) in [5, 5.41) is 10.2. The van der Waals surface area contributed by atoms with E-state index in [9.17, 15) is 9.90 Å². The van der Waals surface area contributed by atoms with Crippen molar-refractivity contribution in [3.63, 3.8) is 0 Å². The maximum atomic E-state index is 11.4. The lowest BCUT2D eigenvalue weighted by Gasteiger charge is -2.40. The van der Waals surface area contributed by atoms with E-state index in [0.29, 0.717) is 6.42 Å². The first-order chi connectivity index (χ1) is 7.36. The number of hydrogen-bond donors (Lipinski definition) is 1. The molecular weight excluding hydrogens is 208 g/mol. The van der Waals surface area contributed by atoms with Crippen LogP contribution in [0.4, 0.5) is 0 Å². The SMILES string of the molecule is CC(=O)C[C@@]12OC(C)(C)O[C@@H]1CCC[C@@H]2O. The smallest absolute Gasteiger partial charge is 0.164 e. The third kappa shape index (κ3) is 1.90. The van der Waals surface area contributed by atoms with E-state index in [0.717, 1.165) is 12.8 Å². The van der Waals surface area contributed by atoms with Crippen molar-refractivity contribution in [2.45, 2.75) is 70.1 Å². The third-order valence-electron chi connectivity index (χ3n) is 3.44.